The van der Waals surface area contributed by atoms with Gasteiger partial charge in [-0.25, -0.2) is 4.98 Å². The van der Waals surface area contributed by atoms with Crippen molar-refractivity contribution in [3.05, 3.63) is 277 Å². The van der Waals surface area contributed by atoms with E-state index in [1.165, 1.54) is 38.9 Å². The maximum Gasteiger partial charge on any atom is 0.136 e. The number of hydrogen-bond donors (Lipinski definition) is 0. The second-order valence-electron chi connectivity index (χ2n) is 23.8. The summed E-state index contributed by atoms with van der Waals surface area (Å²) in [7, 11) is 0. The predicted molar refractivity (Wildman–Crippen MR) is 367 cm³/mol. The van der Waals surface area contributed by atoms with Gasteiger partial charge in [0.25, 0.3) is 0 Å². The summed E-state index contributed by atoms with van der Waals surface area (Å²) in [6, 6.07) is 46.6. The first kappa shape index (κ1) is 72.9. The minimum atomic E-state index is 0.505. The molecule has 10 nitrogen and oxygen atoms in total. The van der Waals surface area contributed by atoms with Crippen molar-refractivity contribution in [2.75, 3.05) is 0 Å². The molecule has 0 atom stereocenters. The van der Waals surface area contributed by atoms with E-state index in [1.807, 2.05) is 165 Å². The standard InChI is InChI=1S/C12H13N.C10H12N2.C9H13N.4C8H11N.2C7H10O/c1-9(2)11-7-10-5-3-4-6-12(10)13-8-11;1-8(2)9-7-12-6-4-3-5-10(12)11-9;1-7(2)9-8(3)5-4-6-10-9;1-7(2)8-3-5-9-6-4-8;1-7(2)8-4-3-5-9-6-8;2*1-7(2)8-5-3-4-6-9-8;1-6(2)7-3-4-8-5-7;1-6(2)7-4-3-5-8-7/h3-9H,1-2H3;3-8H,1-2H3;4-7H,1-3H3;4*3-7H,1-2H3;2*3-6H,1-2H3. The lowest BCUT2D eigenvalue weighted by molar-refractivity contribution is 0.487. The Morgan fingerprint density at radius 1 is 0.379 bits per heavy atom. The number of fused-ring (bicyclic) bond motifs is 2. The number of aromatic nitrogens is 8. The van der Waals surface area contributed by atoms with Crippen LogP contribution in [0.1, 0.15) is 234 Å². The number of benzene rings is 1. The van der Waals surface area contributed by atoms with Crippen molar-refractivity contribution in [3.63, 3.8) is 0 Å². The van der Waals surface area contributed by atoms with Crippen LogP contribution in [0.15, 0.2) is 229 Å². The molecule has 0 radical (unpaired) electrons. The summed E-state index contributed by atoms with van der Waals surface area (Å²) < 4.78 is 12.0. The summed E-state index contributed by atoms with van der Waals surface area (Å²) in [5.74, 6) is 6.08. The number of furan rings is 2. The van der Waals surface area contributed by atoms with Crippen molar-refractivity contribution in [2.45, 2.75) is 185 Å². The van der Waals surface area contributed by atoms with Gasteiger partial charge in [-0.15, -0.1) is 0 Å². The molecule has 10 heterocycles. The van der Waals surface area contributed by atoms with Crippen molar-refractivity contribution < 1.29 is 8.83 Å². The normalized spacial score (nSPS) is 10.5. The van der Waals surface area contributed by atoms with Gasteiger partial charge in [0.05, 0.1) is 30.0 Å². The van der Waals surface area contributed by atoms with Crippen LogP contribution >= 0.6 is 0 Å². The van der Waals surface area contributed by atoms with E-state index < -0.39 is 0 Å². The smallest absolute Gasteiger partial charge is 0.136 e. The van der Waals surface area contributed by atoms with Crippen LogP contribution in [0.3, 0.4) is 0 Å². The molecule has 10 aromatic heterocycles. The Labute approximate surface area is 523 Å². The van der Waals surface area contributed by atoms with Crippen molar-refractivity contribution in [1.29, 1.82) is 0 Å². The molecule has 11 aromatic rings. The maximum atomic E-state index is 5.09. The molecule has 0 spiro atoms. The molecular formula is C77H102N8O2. The third-order valence-corrected chi connectivity index (χ3v) is 13.5. The van der Waals surface area contributed by atoms with Crippen molar-refractivity contribution in [3.8, 4) is 0 Å². The summed E-state index contributed by atoms with van der Waals surface area (Å²) in [6.07, 6.45) is 24.1. The Bertz CT molecular complexity index is 3160. The molecule has 1 aromatic carbocycles. The van der Waals surface area contributed by atoms with E-state index in [0.717, 1.165) is 34.0 Å². The lowest BCUT2D eigenvalue weighted by Gasteiger charge is -2.05. The van der Waals surface area contributed by atoms with E-state index in [-0.39, 0.29) is 0 Å². The van der Waals surface area contributed by atoms with Gasteiger partial charge in [0.2, 0.25) is 0 Å². The first-order valence-electron chi connectivity index (χ1n) is 31.0. The zero-order valence-corrected chi connectivity index (χ0v) is 55.9. The van der Waals surface area contributed by atoms with Crippen LogP contribution in [-0.4, -0.2) is 39.3 Å². The first-order valence-corrected chi connectivity index (χ1v) is 31.0. The highest BCUT2D eigenvalue weighted by atomic mass is 16.3. The zero-order valence-electron chi connectivity index (χ0n) is 55.9. The molecule has 0 N–H and O–H groups in total. The molecule has 0 aliphatic rings. The fourth-order valence-electron chi connectivity index (χ4n) is 7.86. The molecule has 10 heteroatoms. The summed E-state index contributed by atoms with van der Waals surface area (Å²) in [6.45, 7) is 40.9. The SMILES string of the molecule is CC(C)c1ccccn1.CC(C)c1ccccn1.CC(C)c1cccnc1.CC(C)c1ccco1.CC(C)c1ccncc1.CC(C)c1ccoc1.CC(C)c1cn2ccccc2n1.CC(C)c1cnc2ccccc2c1.Cc1cccnc1C(C)C. The minimum Gasteiger partial charge on any atom is -0.472 e. The third-order valence-electron chi connectivity index (χ3n) is 13.5. The van der Waals surface area contributed by atoms with Gasteiger partial charge in [-0.2, -0.15) is 0 Å². The van der Waals surface area contributed by atoms with E-state index in [1.54, 1.807) is 25.0 Å². The predicted octanol–water partition coefficient (Wildman–Crippen LogP) is 22.0. The van der Waals surface area contributed by atoms with Crippen LogP contribution in [-0.2, 0) is 0 Å². The van der Waals surface area contributed by atoms with Gasteiger partial charge < -0.3 is 13.2 Å². The largest absolute Gasteiger partial charge is 0.472 e. The van der Waals surface area contributed by atoms with Gasteiger partial charge in [0, 0.05) is 90.4 Å². The fourth-order valence-corrected chi connectivity index (χ4v) is 7.86. The number of imidazole rings is 1. The van der Waals surface area contributed by atoms with E-state index in [2.05, 4.69) is 201 Å². The van der Waals surface area contributed by atoms with E-state index in [0.29, 0.717) is 53.3 Å². The van der Waals surface area contributed by atoms with Crippen LogP contribution in [0.5, 0.6) is 0 Å². The number of pyridine rings is 7. The van der Waals surface area contributed by atoms with Crippen LogP contribution in [0.4, 0.5) is 0 Å². The second-order valence-corrected chi connectivity index (χ2v) is 23.8. The molecule has 0 aliphatic heterocycles. The number of rotatable bonds is 9. The molecule has 462 valence electrons. The lowest BCUT2D eigenvalue weighted by atomic mass is 10.0. The van der Waals surface area contributed by atoms with Crippen molar-refractivity contribution in [1.82, 2.24) is 39.3 Å². The van der Waals surface area contributed by atoms with Crippen LogP contribution < -0.4 is 0 Å². The molecule has 0 saturated carbocycles. The molecule has 87 heavy (non-hydrogen) atoms. The summed E-state index contributed by atoms with van der Waals surface area (Å²) >= 11 is 0. The Balaban J connectivity index is 0.000000257. The third kappa shape index (κ3) is 29.1. The highest BCUT2D eigenvalue weighted by molar-refractivity contribution is 5.78. The number of nitrogens with zero attached hydrogens (tertiary/aromatic N) is 8. The van der Waals surface area contributed by atoms with Crippen LogP contribution in [0.25, 0.3) is 16.6 Å². The van der Waals surface area contributed by atoms with Gasteiger partial charge in [0.1, 0.15) is 11.4 Å². The molecule has 0 unspecified atom stereocenters. The first-order chi connectivity index (χ1) is 41.6. The highest BCUT2D eigenvalue weighted by Gasteiger charge is 2.05. The number of aryl methyl sites for hydroxylation is 1. The monoisotopic (exact) mass is 1170 g/mol. The molecule has 0 bridgehead atoms. The van der Waals surface area contributed by atoms with Crippen molar-refractivity contribution >= 4 is 16.6 Å². The van der Waals surface area contributed by atoms with E-state index in [9.17, 15) is 0 Å². The zero-order chi connectivity index (χ0) is 64.1. The molecular weight excluding hydrogens is 1070 g/mol. The van der Waals surface area contributed by atoms with Crippen LogP contribution in [0.2, 0.25) is 0 Å². The molecule has 0 fully saturated rings. The van der Waals surface area contributed by atoms with Gasteiger partial charge >= 0.3 is 0 Å². The van der Waals surface area contributed by atoms with Gasteiger partial charge in [-0.3, -0.25) is 29.9 Å². The average molecular weight is 1170 g/mol. The number of para-hydroxylation sites is 1. The second kappa shape index (κ2) is 40.9. The van der Waals surface area contributed by atoms with E-state index >= 15 is 0 Å². The molecule has 0 aliphatic carbocycles. The van der Waals surface area contributed by atoms with Gasteiger partial charge in [-0.05, 0) is 173 Å². The number of hydrogen-bond acceptors (Lipinski definition) is 9. The molecule has 11 rings (SSSR count). The maximum absolute atomic E-state index is 5.09. The summed E-state index contributed by atoms with van der Waals surface area (Å²) in [5, 5.41) is 1.23. The van der Waals surface area contributed by atoms with Gasteiger partial charge in [0.15, 0.2) is 0 Å². The Hall–Kier alpha value is -8.37. The Kier molecular flexibility index (Phi) is 34.2. The minimum absolute atomic E-state index is 0.505. The lowest BCUT2D eigenvalue weighted by Crippen LogP contribution is -1.94. The Morgan fingerprint density at radius 3 is 1.36 bits per heavy atom. The van der Waals surface area contributed by atoms with E-state index in [4.69, 9.17) is 8.83 Å². The summed E-state index contributed by atoms with van der Waals surface area (Å²) in [5.41, 5.74) is 13.3. The van der Waals surface area contributed by atoms with Gasteiger partial charge in [-0.1, -0.05) is 173 Å². The molecule has 0 saturated heterocycles. The van der Waals surface area contributed by atoms with Crippen LogP contribution in [0, 0.1) is 6.92 Å². The quantitative estimate of drug-likeness (QED) is 0.139. The summed E-state index contributed by atoms with van der Waals surface area (Å²) in [4.78, 5) is 29.4. The van der Waals surface area contributed by atoms with Crippen molar-refractivity contribution in [2.24, 2.45) is 0 Å². The highest BCUT2D eigenvalue weighted by Crippen LogP contribution is 2.20. The topological polar surface area (TPSA) is 121 Å². The molecule has 0 amide bonds. The Morgan fingerprint density at radius 2 is 0.954 bits per heavy atom. The average Bonchev–Trinajstić information content (AvgIpc) is 2.99. The fraction of sp³-hybridized carbons (Fsp3) is 0.364.